The van der Waals surface area contributed by atoms with Crippen molar-refractivity contribution in [3.63, 3.8) is 0 Å². The van der Waals surface area contributed by atoms with Crippen LogP contribution in [-0.2, 0) is 13.6 Å². The summed E-state index contributed by atoms with van der Waals surface area (Å²) in [6.45, 7) is 0.613. The Morgan fingerprint density at radius 1 is 1.47 bits per heavy atom. The molecule has 0 aliphatic carbocycles. The molecule has 0 radical (unpaired) electrons. The van der Waals surface area contributed by atoms with Gasteiger partial charge in [-0.05, 0) is 12.3 Å². The lowest BCUT2D eigenvalue weighted by Gasteiger charge is -2.05. The Kier molecular flexibility index (Phi) is 3.86. The molecule has 5 nitrogen and oxygen atoms in total. The van der Waals surface area contributed by atoms with E-state index in [4.69, 9.17) is 11.6 Å². The van der Waals surface area contributed by atoms with Gasteiger partial charge in [0.25, 0.3) is 0 Å². The molecule has 0 saturated carbocycles. The normalized spacial score (nSPS) is 10.5. The van der Waals surface area contributed by atoms with Crippen LogP contribution in [0.25, 0.3) is 0 Å². The van der Waals surface area contributed by atoms with Crippen LogP contribution in [0.1, 0.15) is 5.69 Å². The summed E-state index contributed by atoms with van der Waals surface area (Å²) in [5.74, 6) is 0.708. The monoisotopic (exact) mass is 269 g/mol. The molecule has 0 atom stereocenters. The number of hydrogen-bond acceptors (Lipinski definition) is 5. The minimum Gasteiger partial charge on any atom is -0.364 e. The summed E-state index contributed by atoms with van der Waals surface area (Å²) in [5, 5.41) is 8.52. The van der Waals surface area contributed by atoms with Crippen LogP contribution in [-0.4, -0.2) is 26.0 Å². The molecule has 2 rings (SSSR count). The smallest absolute Gasteiger partial charge is 0.190 e. The van der Waals surface area contributed by atoms with Gasteiger partial charge in [0.15, 0.2) is 5.16 Å². The van der Waals surface area contributed by atoms with Gasteiger partial charge < -0.3 is 5.32 Å². The fourth-order valence-corrected chi connectivity index (χ4v) is 1.93. The number of aryl methyl sites for hydroxylation is 1. The summed E-state index contributed by atoms with van der Waals surface area (Å²) in [6.07, 6.45) is 3.81. The molecule has 0 aromatic carbocycles. The van der Waals surface area contributed by atoms with Gasteiger partial charge >= 0.3 is 0 Å². The van der Waals surface area contributed by atoms with Crippen molar-refractivity contribution in [1.29, 1.82) is 0 Å². The Morgan fingerprint density at radius 3 is 2.94 bits per heavy atom. The van der Waals surface area contributed by atoms with E-state index in [9.17, 15) is 0 Å². The largest absolute Gasteiger partial charge is 0.364 e. The van der Waals surface area contributed by atoms with Crippen LogP contribution in [0.5, 0.6) is 0 Å². The fourth-order valence-electron chi connectivity index (χ4n) is 1.32. The maximum Gasteiger partial charge on any atom is 0.190 e. The third kappa shape index (κ3) is 3.34. The maximum atomic E-state index is 5.89. The molecule has 0 amide bonds. The van der Waals surface area contributed by atoms with Crippen LogP contribution in [0.4, 0.5) is 5.82 Å². The molecule has 90 valence electrons. The summed E-state index contributed by atoms with van der Waals surface area (Å²) in [4.78, 5) is 8.36. The second-order valence-electron chi connectivity index (χ2n) is 3.40. The third-order valence-corrected chi connectivity index (χ3v) is 2.82. The van der Waals surface area contributed by atoms with Crippen molar-refractivity contribution < 1.29 is 0 Å². The lowest BCUT2D eigenvalue weighted by atomic mass is 10.4. The summed E-state index contributed by atoms with van der Waals surface area (Å²) in [6, 6.07) is 3.65. The van der Waals surface area contributed by atoms with E-state index >= 15 is 0 Å². The first-order valence-corrected chi connectivity index (χ1v) is 6.58. The molecule has 0 saturated heterocycles. The first-order valence-electron chi connectivity index (χ1n) is 4.98. The second-order valence-corrected chi connectivity index (χ2v) is 4.56. The Balaban J connectivity index is 2.05. The number of nitrogens with zero attached hydrogens (tertiary/aromatic N) is 4. The quantitative estimate of drug-likeness (QED) is 0.524. The minimum atomic E-state index is 0.438. The average molecular weight is 270 g/mol. The predicted molar refractivity (Wildman–Crippen MR) is 69.4 cm³/mol. The second kappa shape index (κ2) is 5.37. The van der Waals surface area contributed by atoms with Crippen LogP contribution in [0.2, 0.25) is 5.15 Å². The van der Waals surface area contributed by atoms with Crippen molar-refractivity contribution in [2.75, 3.05) is 11.6 Å². The molecule has 0 aliphatic heterocycles. The summed E-state index contributed by atoms with van der Waals surface area (Å²) >= 11 is 7.35. The molecule has 0 spiro atoms. The van der Waals surface area contributed by atoms with E-state index in [0.29, 0.717) is 22.7 Å². The Morgan fingerprint density at radius 2 is 2.29 bits per heavy atom. The summed E-state index contributed by atoms with van der Waals surface area (Å²) in [5.41, 5.74) is 0.952. The molecule has 0 aliphatic rings. The molecule has 2 aromatic heterocycles. The maximum absolute atomic E-state index is 5.89. The van der Waals surface area contributed by atoms with Crippen LogP contribution >= 0.6 is 23.4 Å². The van der Waals surface area contributed by atoms with E-state index < -0.39 is 0 Å². The van der Waals surface area contributed by atoms with E-state index in [2.05, 4.69) is 20.4 Å². The van der Waals surface area contributed by atoms with Crippen molar-refractivity contribution >= 4 is 29.2 Å². The number of rotatable bonds is 4. The first kappa shape index (κ1) is 12.2. The molecule has 0 unspecified atom stereocenters. The standard InChI is InChI=1S/C10H12ClN5S/c1-16-4-3-7(15-16)6-12-9-5-8(11)13-10(14-9)17-2/h3-5H,6H2,1-2H3,(H,12,13,14). The zero-order valence-corrected chi connectivity index (χ0v) is 11.1. The summed E-state index contributed by atoms with van der Waals surface area (Å²) in [7, 11) is 1.89. The lowest BCUT2D eigenvalue weighted by Crippen LogP contribution is -2.04. The molecule has 2 aromatic rings. The van der Waals surface area contributed by atoms with Crippen LogP contribution in [0.3, 0.4) is 0 Å². The van der Waals surface area contributed by atoms with E-state index in [1.807, 2.05) is 25.6 Å². The summed E-state index contributed by atoms with van der Waals surface area (Å²) < 4.78 is 1.76. The fraction of sp³-hybridized carbons (Fsp3) is 0.300. The van der Waals surface area contributed by atoms with Crippen molar-refractivity contribution in [2.24, 2.45) is 7.05 Å². The highest BCUT2D eigenvalue weighted by Gasteiger charge is 2.03. The molecule has 0 fully saturated rings. The number of hydrogen-bond donors (Lipinski definition) is 1. The third-order valence-electron chi connectivity index (χ3n) is 2.08. The van der Waals surface area contributed by atoms with E-state index in [0.717, 1.165) is 5.69 Å². The number of aromatic nitrogens is 4. The molecule has 2 heterocycles. The van der Waals surface area contributed by atoms with Gasteiger partial charge in [0.1, 0.15) is 11.0 Å². The van der Waals surface area contributed by atoms with Crippen molar-refractivity contribution in [3.8, 4) is 0 Å². The van der Waals surface area contributed by atoms with Gasteiger partial charge in [0, 0.05) is 19.3 Å². The highest BCUT2D eigenvalue weighted by atomic mass is 35.5. The SMILES string of the molecule is CSc1nc(Cl)cc(NCc2ccn(C)n2)n1. The van der Waals surface area contributed by atoms with Gasteiger partial charge in [-0.2, -0.15) is 5.10 Å². The number of nitrogens with one attached hydrogen (secondary N) is 1. The van der Waals surface area contributed by atoms with Gasteiger partial charge in [-0.25, -0.2) is 9.97 Å². The van der Waals surface area contributed by atoms with Crippen molar-refractivity contribution in [3.05, 3.63) is 29.2 Å². The van der Waals surface area contributed by atoms with E-state index in [1.54, 1.807) is 10.7 Å². The van der Waals surface area contributed by atoms with Gasteiger partial charge in [0.2, 0.25) is 0 Å². The Hall–Kier alpha value is -1.27. The number of thioether (sulfide) groups is 1. The molecule has 1 N–H and O–H groups in total. The van der Waals surface area contributed by atoms with E-state index in [-0.39, 0.29) is 0 Å². The van der Waals surface area contributed by atoms with Crippen LogP contribution in [0.15, 0.2) is 23.5 Å². The molecule has 7 heteroatoms. The van der Waals surface area contributed by atoms with Crippen LogP contribution < -0.4 is 5.32 Å². The van der Waals surface area contributed by atoms with Crippen molar-refractivity contribution in [2.45, 2.75) is 11.7 Å². The Bertz CT molecular complexity index is 513. The van der Waals surface area contributed by atoms with E-state index in [1.165, 1.54) is 11.8 Å². The predicted octanol–water partition coefficient (Wildman–Crippen LogP) is 2.20. The first-order chi connectivity index (χ1) is 8.17. The number of halogens is 1. The molecular formula is C10H12ClN5S. The number of anilines is 1. The highest BCUT2D eigenvalue weighted by molar-refractivity contribution is 7.98. The minimum absolute atomic E-state index is 0.438. The van der Waals surface area contributed by atoms with Gasteiger partial charge in [0.05, 0.1) is 12.2 Å². The van der Waals surface area contributed by atoms with Crippen LogP contribution in [0, 0.1) is 0 Å². The molecule has 0 bridgehead atoms. The zero-order chi connectivity index (χ0) is 12.3. The zero-order valence-electron chi connectivity index (χ0n) is 9.51. The van der Waals surface area contributed by atoms with Gasteiger partial charge in [-0.1, -0.05) is 23.4 Å². The van der Waals surface area contributed by atoms with Gasteiger partial charge in [-0.15, -0.1) is 0 Å². The molecular weight excluding hydrogens is 258 g/mol. The lowest BCUT2D eigenvalue weighted by molar-refractivity contribution is 0.746. The van der Waals surface area contributed by atoms with Crippen molar-refractivity contribution in [1.82, 2.24) is 19.7 Å². The Labute approximate surface area is 109 Å². The average Bonchev–Trinajstić information content (AvgIpc) is 2.72. The van der Waals surface area contributed by atoms with Gasteiger partial charge in [-0.3, -0.25) is 4.68 Å². The topological polar surface area (TPSA) is 55.6 Å². The highest BCUT2D eigenvalue weighted by Crippen LogP contribution is 2.17. The molecule has 17 heavy (non-hydrogen) atoms.